The van der Waals surface area contributed by atoms with Crippen molar-refractivity contribution in [3.63, 3.8) is 0 Å². The number of amides is 2. The molecule has 0 saturated heterocycles. The van der Waals surface area contributed by atoms with Crippen molar-refractivity contribution in [3.05, 3.63) is 126 Å². The van der Waals surface area contributed by atoms with Crippen molar-refractivity contribution in [3.8, 4) is 5.75 Å². The first-order valence-corrected chi connectivity index (χ1v) is 12.6. The van der Waals surface area contributed by atoms with Gasteiger partial charge in [0.1, 0.15) is 17.6 Å². The smallest absolute Gasteiger partial charge is 0.251 e. The van der Waals surface area contributed by atoms with E-state index in [1.54, 1.807) is 49.6 Å². The molecule has 1 N–H and O–H groups in total. The van der Waals surface area contributed by atoms with E-state index in [0.29, 0.717) is 22.6 Å². The molecule has 0 aliphatic rings. The molecular formula is C32H32FN3O3. The Morgan fingerprint density at radius 2 is 1.49 bits per heavy atom. The van der Waals surface area contributed by atoms with Gasteiger partial charge in [0.2, 0.25) is 5.91 Å². The van der Waals surface area contributed by atoms with Crippen molar-refractivity contribution in [2.45, 2.75) is 19.0 Å². The Bertz CT molecular complexity index is 1390. The zero-order valence-corrected chi connectivity index (χ0v) is 22.3. The molecule has 0 bridgehead atoms. The minimum Gasteiger partial charge on any atom is -0.497 e. The highest BCUT2D eigenvalue weighted by Gasteiger charge is 2.32. The lowest BCUT2D eigenvalue weighted by Crippen LogP contribution is -2.41. The van der Waals surface area contributed by atoms with Gasteiger partial charge in [0, 0.05) is 37.6 Å². The summed E-state index contributed by atoms with van der Waals surface area (Å²) in [6.45, 7) is -0.0813. The monoisotopic (exact) mass is 525 g/mol. The maximum absolute atomic E-state index is 14.8. The minimum absolute atomic E-state index is 0.0623. The topological polar surface area (TPSA) is 61.9 Å². The Balaban J connectivity index is 1.74. The highest BCUT2D eigenvalue weighted by molar-refractivity contribution is 5.98. The third-order valence-corrected chi connectivity index (χ3v) is 6.46. The summed E-state index contributed by atoms with van der Waals surface area (Å²) in [4.78, 5) is 31.2. The third-order valence-electron chi connectivity index (χ3n) is 6.46. The Hall–Kier alpha value is -4.65. The van der Waals surface area contributed by atoms with Gasteiger partial charge in [-0.1, -0.05) is 60.7 Å². The molecular weight excluding hydrogens is 493 g/mol. The van der Waals surface area contributed by atoms with E-state index in [1.807, 2.05) is 73.6 Å². The van der Waals surface area contributed by atoms with Crippen LogP contribution >= 0.6 is 0 Å². The van der Waals surface area contributed by atoms with Crippen molar-refractivity contribution in [2.24, 2.45) is 0 Å². The van der Waals surface area contributed by atoms with E-state index < -0.39 is 17.8 Å². The molecule has 0 fully saturated rings. The second kappa shape index (κ2) is 12.7. The average molecular weight is 526 g/mol. The summed E-state index contributed by atoms with van der Waals surface area (Å²) < 4.78 is 20.1. The number of methoxy groups -OCH3 is 1. The molecule has 4 aromatic rings. The van der Waals surface area contributed by atoms with Gasteiger partial charge in [0.15, 0.2) is 0 Å². The summed E-state index contributed by atoms with van der Waals surface area (Å²) >= 11 is 0. The number of benzene rings is 4. The molecule has 4 aromatic carbocycles. The van der Waals surface area contributed by atoms with Crippen LogP contribution in [0.2, 0.25) is 0 Å². The molecule has 6 nitrogen and oxygen atoms in total. The second-order valence-corrected chi connectivity index (χ2v) is 9.38. The minimum atomic E-state index is -1.03. The molecule has 0 radical (unpaired) electrons. The molecule has 39 heavy (non-hydrogen) atoms. The number of anilines is 2. The molecule has 0 heterocycles. The Morgan fingerprint density at radius 3 is 2.10 bits per heavy atom. The number of hydrogen-bond donors (Lipinski definition) is 1. The van der Waals surface area contributed by atoms with Crippen LogP contribution < -0.4 is 15.0 Å². The quantitative estimate of drug-likeness (QED) is 0.282. The average Bonchev–Trinajstić information content (AvgIpc) is 2.95. The number of rotatable bonds is 10. The normalized spacial score (nSPS) is 11.4. The molecule has 0 aromatic heterocycles. The number of hydrogen-bond acceptors (Lipinski definition) is 4. The maximum atomic E-state index is 14.8. The summed E-state index contributed by atoms with van der Waals surface area (Å²) in [7, 11) is 5.43. The van der Waals surface area contributed by atoms with Gasteiger partial charge in [-0.15, -0.1) is 0 Å². The second-order valence-electron chi connectivity index (χ2n) is 9.38. The molecule has 0 saturated carbocycles. The van der Waals surface area contributed by atoms with Crippen LogP contribution in [-0.4, -0.2) is 37.9 Å². The Kier molecular flexibility index (Phi) is 8.94. The first-order valence-electron chi connectivity index (χ1n) is 12.6. The van der Waals surface area contributed by atoms with Crippen molar-refractivity contribution >= 4 is 23.2 Å². The van der Waals surface area contributed by atoms with Gasteiger partial charge in [-0.3, -0.25) is 9.59 Å². The van der Waals surface area contributed by atoms with Gasteiger partial charge >= 0.3 is 0 Å². The number of carbonyl (C=O) groups excluding carboxylic acids is 2. The predicted molar refractivity (Wildman–Crippen MR) is 152 cm³/mol. The van der Waals surface area contributed by atoms with Crippen LogP contribution in [0.4, 0.5) is 15.8 Å². The van der Waals surface area contributed by atoms with Crippen LogP contribution in [-0.2, 0) is 22.6 Å². The van der Waals surface area contributed by atoms with Crippen LogP contribution in [0.25, 0.3) is 0 Å². The van der Waals surface area contributed by atoms with Gasteiger partial charge in [0.05, 0.1) is 13.5 Å². The van der Waals surface area contributed by atoms with Crippen LogP contribution in [0.15, 0.2) is 103 Å². The number of nitrogens with one attached hydrogen (secondary N) is 1. The van der Waals surface area contributed by atoms with Crippen LogP contribution in [0.1, 0.15) is 22.7 Å². The Morgan fingerprint density at radius 1 is 0.846 bits per heavy atom. The lowest BCUT2D eigenvalue weighted by Gasteiger charge is -2.32. The van der Waals surface area contributed by atoms with Gasteiger partial charge in [-0.25, -0.2) is 4.39 Å². The number of ether oxygens (including phenoxy) is 1. The standard InChI is InChI=1S/C32H32FN3O3/c1-35(2)27-17-15-26(16-18-27)34-32(38)31(24-13-19-28(39-3)20-14-24)36(22-25-11-7-8-12-29(25)33)30(37)21-23-9-5-4-6-10-23/h4-20,31H,21-22H2,1-3H3,(H,34,38)/t31-/m1/s1. The van der Waals surface area contributed by atoms with E-state index in [4.69, 9.17) is 4.74 Å². The van der Waals surface area contributed by atoms with Crippen LogP contribution in [0.5, 0.6) is 5.75 Å². The maximum Gasteiger partial charge on any atom is 0.251 e. The number of carbonyl (C=O) groups is 2. The van der Waals surface area contributed by atoms with E-state index in [2.05, 4.69) is 5.32 Å². The fourth-order valence-corrected chi connectivity index (χ4v) is 4.32. The predicted octanol–water partition coefficient (Wildman–Crippen LogP) is 5.85. The molecule has 200 valence electrons. The van der Waals surface area contributed by atoms with Crippen LogP contribution in [0.3, 0.4) is 0 Å². The molecule has 1 atom stereocenters. The highest BCUT2D eigenvalue weighted by atomic mass is 19.1. The molecule has 0 unspecified atom stereocenters. The van der Waals surface area contributed by atoms with E-state index in [9.17, 15) is 14.0 Å². The highest BCUT2D eigenvalue weighted by Crippen LogP contribution is 2.29. The zero-order chi connectivity index (χ0) is 27.8. The fourth-order valence-electron chi connectivity index (χ4n) is 4.32. The van der Waals surface area contributed by atoms with Crippen molar-refractivity contribution in [2.75, 3.05) is 31.4 Å². The van der Waals surface area contributed by atoms with Gasteiger partial charge in [-0.05, 0) is 53.6 Å². The summed E-state index contributed by atoms with van der Waals surface area (Å²) in [6.07, 6.45) is 0.0623. The van der Waals surface area contributed by atoms with Gasteiger partial charge in [-0.2, -0.15) is 0 Å². The molecule has 0 aliphatic carbocycles. The zero-order valence-electron chi connectivity index (χ0n) is 22.3. The first kappa shape index (κ1) is 27.4. The van der Waals surface area contributed by atoms with Crippen molar-refractivity contribution < 1.29 is 18.7 Å². The van der Waals surface area contributed by atoms with Gasteiger partial charge in [0.25, 0.3) is 5.91 Å². The lowest BCUT2D eigenvalue weighted by atomic mass is 10.0. The summed E-state index contributed by atoms with van der Waals surface area (Å²) in [6, 6.07) is 29.0. The molecule has 7 heteroatoms. The molecule has 2 amide bonds. The number of halogens is 1. The SMILES string of the molecule is COc1ccc([C@H](C(=O)Nc2ccc(N(C)C)cc2)N(Cc2ccccc2F)C(=O)Cc2ccccc2)cc1. The molecule has 0 aliphatic heterocycles. The van der Waals surface area contributed by atoms with Crippen molar-refractivity contribution in [1.82, 2.24) is 4.90 Å². The van der Waals surface area contributed by atoms with Gasteiger partial charge < -0.3 is 19.9 Å². The summed E-state index contributed by atoms with van der Waals surface area (Å²) in [5.41, 5.74) is 3.27. The molecule has 0 spiro atoms. The number of nitrogens with zero attached hydrogens (tertiary/aromatic N) is 2. The van der Waals surface area contributed by atoms with Crippen LogP contribution in [0, 0.1) is 5.82 Å². The molecule has 4 rings (SSSR count). The van der Waals surface area contributed by atoms with E-state index in [-0.39, 0.29) is 18.9 Å². The first-order chi connectivity index (χ1) is 18.9. The summed E-state index contributed by atoms with van der Waals surface area (Å²) in [5.74, 6) is -0.532. The van der Waals surface area contributed by atoms with E-state index in [1.165, 1.54) is 11.0 Å². The van der Waals surface area contributed by atoms with Crippen molar-refractivity contribution in [1.29, 1.82) is 0 Å². The lowest BCUT2D eigenvalue weighted by molar-refractivity contribution is -0.139. The largest absolute Gasteiger partial charge is 0.497 e. The fraction of sp³-hybridized carbons (Fsp3) is 0.188. The summed E-state index contributed by atoms with van der Waals surface area (Å²) in [5, 5.41) is 2.96. The van der Waals surface area contributed by atoms with E-state index >= 15 is 0 Å². The third kappa shape index (κ3) is 7.02. The Labute approximate surface area is 228 Å². The van der Waals surface area contributed by atoms with E-state index in [0.717, 1.165) is 11.3 Å².